The van der Waals surface area contributed by atoms with Crippen molar-refractivity contribution in [3.05, 3.63) is 35.9 Å². The summed E-state index contributed by atoms with van der Waals surface area (Å²) in [7, 11) is 0. The van der Waals surface area contributed by atoms with Gasteiger partial charge in [-0.2, -0.15) is 0 Å². The highest BCUT2D eigenvalue weighted by Crippen LogP contribution is 2.33. The largest absolute Gasteiger partial charge is 0.356 e. The molecule has 1 aromatic carbocycles. The number of nitrogens with zero attached hydrogens (tertiary/aromatic N) is 2. The van der Waals surface area contributed by atoms with E-state index in [9.17, 15) is 19.2 Å². The van der Waals surface area contributed by atoms with Crippen molar-refractivity contribution in [3.63, 3.8) is 0 Å². The number of hydrogen-bond acceptors (Lipinski definition) is 4. The van der Waals surface area contributed by atoms with Gasteiger partial charge in [-0.1, -0.05) is 18.2 Å². The van der Waals surface area contributed by atoms with Crippen LogP contribution in [0.5, 0.6) is 0 Å². The highest BCUT2D eigenvalue weighted by Gasteiger charge is 2.52. The van der Waals surface area contributed by atoms with Gasteiger partial charge in [0.2, 0.25) is 17.7 Å². The Kier molecular flexibility index (Phi) is 5.96. The molecule has 0 unspecified atom stereocenters. The number of amides is 4. The second kappa shape index (κ2) is 8.41. The zero-order chi connectivity index (χ0) is 20.1. The first-order valence-corrected chi connectivity index (χ1v) is 9.61. The summed E-state index contributed by atoms with van der Waals surface area (Å²) < 4.78 is 0. The molecule has 4 amide bonds. The maximum atomic E-state index is 12.7. The Morgan fingerprint density at radius 1 is 1.14 bits per heavy atom. The molecule has 3 rings (SSSR count). The predicted octanol–water partition coefficient (Wildman–Crippen LogP) is 0.494. The van der Waals surface area contributed by atoms with Crippen molar-refractivity contribution in [2.24, 2.45) is 0 Å². The second-order valence-electron chi connectivity index (χ2n) is 7.26. The first kappa shape index (κ1) is 19.9. The molecule has 0 saturated carbocycles. The number of carbonyl (C=O) groups is 4. The Labute approximate surface area is 164 Å². The van der Waals surface area contributed by atoms with Crippen molar-refractivity contribution in [2.45, 2.75) is 38.1 Å². The van der Waals surface area contributed by atoms with Crippen molar-refractivity contribution < 1.29 is 19.2 Å². The van der Waals surface area contributed by atoms with Crippen LogP contribution in [0.2, 0.25) is 0 Å². The van der Waals surface area contributed by atoms with Crippen LogP contribution in [-0.2, 0) is 14.4 Å². The van der Waals surface area contributed by atoms with Crippen LogP contribution >= 0.6 is 0 Å². The van der Waals surface area contributed by atoms with E-state index in [1.54, 1.807) is 21.9 Å². The second-order valence-corrected chi connectivity index (χ2v) is 7.26. The molecular formula is C20H26N4O4. The lowest BCUT2D eigenvalue weighted by atomic mass is 9.85. The number of likely N-dealkylation sites (tertiary alicyclic amines) is 1. The Balaban J connectivity index is 1.61. The van der Waals surface area contributed by atoms with E-state index in [2.05, 4.69) is 10.6 Å². The highest BCUT2D eigenvalue weighted by atomic mass is 16.2. The lowest BCUT2D eigenvalue weighted by molar-refractivity contribution is -0.143. The Morgan fingerprint density at radius 2 is 1.82 bits per heavy atom. The highest BCUT2D eigenvalue weighted by molar-refractivity contribution is 5.96. The fraction of sp³-hybridized carbons (Fsp3) is 0.500. The molecule has 2 fully saturated rings. The third kappa shape index (κ3) is 4.00. The first-order valence-electron chi connectivity index (χ1n) is 9.61. The van der Waals surface area contributed by atoms with Crippen LogP contribution in [0.25, 0.3) is 0 Å². The van der Waals surface area contributed by atoms with E-state index in [4.69, 9.17) is 0 Å². The molecule has 0 bridgehead atoms. The maximum Gasteiger partial charge on any atom is 0.253 e. The van der Waals surface area contributed by atoms with Crippen molar-refractivity contribution >= 4 is 23.6 Å². The van der Waals surface area contributed by atoms with E-state index in [1.807, 2.05) is 18.2 Å². The van der Waals surface area contributed by atoms with Crippen LogP contribution in [0.4, 0.5) is 0 Å². The van der Waals surface area contributed by atoms with Crippen LogP contribution < -0.4 is 10.6 Å². The Hall–Kier alpha value is -2.90. The minimum absolute atomic E-state index is 0.0537. The van der Waals surface area contributed by atoms with E-state index in [0.717, 1.165) is 0 Å². The summed E-state index contributed by atoms with van der Waals surface area (Å²) in [5.41, 5.74) is -0.251. The van der Waals surface area contributed by atoms with Crippen LogP contribution in [0.1, 0.15) is 43.0 Å². The Morgan fingerprint density at radius 3 is 2.46 bits per heavy atom. The van der Waals surface area contributed by atoms with Gasteiger partial charge in [0, 0.05) is 38.5 Å². The molecule has 2 N–H and O–H groups in total. The van der Waals surface area contributed by atoms with Crippen molar-refractivity contribution in [1.29, 1.82) is 0 Å². The first-order chi connectivity index (χ1) is 13.4. The zero-order valence-corrected chi connectivity index (χ0v) is 16.1. The third-order valence-electron chi connectivity index (χ3n) is 5.48. The molecule has 0 atom stereocenters. The van der Waals surface area contributed by atoms with Crippen molar-refractivity contribution in [2.75, 3.05) is 26.3 Å². The van der Waals surface area contributed by atoms with E-state index in [-0.39, 0.29) is 36.7 Å². The molecule has 0 radical (unpaired) electrons. The summed E-state index contributed by atoms with van der Waals surface area (Å²) in [5.74, 6) is -0.430. The molecule has 2 saturated heterocycles. The summed E-state index contributed by atoms with van der Waals surface area (Å²) in [6, 6.07) is 9.06. The molecule has 0 aromatic heterocycles. The SMILES string of the molecule is CC(=O)NCCCC(=O)N1CNC(=O)C12CCN(C(=O)c1ccccc1)CC2. The smallest absolute Gasteiger partial charge is 0.253 e. The van der Waals surface area contributed by atoms with Gasteiger partial charge in [-0.15, -0.1) is 0 Å². The molecule has 8 heteroatoms. The number of carbonyl (C=O) groups excluding carboxylic acids is 4. The molecule has 28 heavy (non-hydrogen) atoms. The lowest BCUT2D eigenvalue weighted by Crippen LogP contribution is -2.58. The van der Waals surface area contributed by atoms with Gasteiger partial charge in [-0.05, 0) is 31.4 Å². The van der Waals surface area contributed by atoms with E-state index >= 15 is 0 Å². The van der Waals surface area contributed by atoms with E-state index < -0.39 is 5.54 Å². The predicted molar refractivity (Wildman–Crippen MR) is 102 cm³/mol. The number of hydrogen-bond donors (Lipinski definition) is 2. The quantitative estimate of drug-likeness (QED) is 0.720. The fourth-order valence-corrected chi connectivity index (χ4v) is 3.90. The standard InChI is InChI=1S/C20H26N4O4/c1-15(25)21-11-5-8-17(26)24-14-22-19(28)20(24)9-12-23(13-10-20)18(27)16-6-3-2-4-7-16/h2-4,6-7H,5,8-14H2,1H3,(H,21,25)(H,22,28). The van der Waals surface area contributed by atoms with E-state index in [1.165, 1.54) is 6.92 Å². The Bertz CT molecular complexity index is 757. The summed E-state index contributed by atoms with van der Waals surface area (Å²) in [6.45, 7) is 2.92. The van der Waals surface area contributed by atoms with Gasteiger partial charge in [0.25, 0.3) is 5.91 Å². The van der Waals surface area contributed by atoms with Gasteiger partial charge in [0.05, 0.1) is 6.67 Å². The lowest BCUT2D eigenvalue weighted by Gasteiger charge is -2.42. The minimum atomic E-state index is -0.876. The normalized spacial score (nSPS) is 18.1. The van der Waals surface area contributed by atoms with Crippen LogP contribution in [0.15, 0.2) is 30.3 Å². The molecule has 1 spiro atoms. The fourth-order valence-electron chi connectivity index (χ4n) is 3.90. The van der Waals surface area contributed by atoms with E-state index in [0.29, 0.717) is 44.5 Å². The van der Waals surface area contributed by atoms with Gasteiger partial charge >= 0.3 is 0 Å². The molecule has 8 nitrogen and oxygen atoms in total. The summed E-state index contributed by atoms with van der Waals surface area (Å²) in [5, 5.41) is 5.46. The van der Waals surface area contributed by atoms with Crippen LogP contribution in [-0.4, -0.2) is 65.3 Å². The van der Waals surface area contributed by atoms with Crippen LogP contribution in [0, 0.1) is 0 Å². The maximum absolute atomic E-state index is 12.7. The monoisotopic (exact) mass is 386 g/mol. The molecule has 150 valence electrons. The minimum Gasteiger partial charge on any atom is -0.356 e. The molecule has 2 aliphatic rings. The molecule has 0 aliphatic carbocycles. The number of nitrogens with one attached hydrogen (secondary N) is 2. The zero-order valence-electron chi connectivity index (χ0n) is 16.1. The number of rotatable bonds is 5. The van der Waals surface area contributed by atoms with Gasteiger partial charge in [-0.25, -0.2) is 0 Å². The van der Waals surface area contributed by atoms with Gasteiger partial charge in [0.1, 0.15) is 5.54 Å². The summed E-state index contributed by atoms with van der Waals surface area (Å²) >= 11 is 0. The van der Waals surface area contributed by atoms with Crippen molar-refractivity contribution in [3.8, 4) is 0 Å². The van der Waals surface area contributed by atoms with Gasteiger partial charge in [-0.3, -0.25) is 19.2 Å². The van der Waals surface area contributed by atoms with Gasteiger partial charge in [0.15, 0.2) is 0 Å². The molecular weight excluding hydrogens is 360 g/mol. The molecule has 1 aromatic rings. The topological polar surface area (TPSA) is 98.8 Å². The average molecular weight is 386 g/mol. The number of benzene rings is 1. The van der Waals surface area contributed by atoms with Crippen LogP contribution in [0.3, 0.4) is 0 Å². The molecule has 2 aliphatic heterocycles. The molecule has 2 heterocycles. The van der Waals surface area contributed by atoms with Gasteiger partial charge < -0.3 is 20.4 Å². The number of piperidine rings is 1. The summed E-state index contributed by atoms with van der Waals surface area (Å²) in [6.07, 6.45) is 1.64. The van der Waals surface area contributed by atoms with Crippen molar-refractivity contribution in [1.82, 2.24) is 20.4 Å². The third-order valence-corrected chi connectivity index (χ3v) is 5.48. The average Bonchev–Trinajstić information content (AvgIpc) is 3.01. The summed E-state index contributed by atoms with van der Waals surface area (Å²) in [4.78, 5) is 52.2.